The smallest absolute Gasteiger partial charge is 0.164 e. The van der Waals surface area contributed by atoms with E-state index in [9.17, 15) is 0 Å². The molecule has 0 fully saturated rings. The maximum atomic E-state index is 5.07. The van der Waals surface area contributed by atoms with Crippen LogP contribution in [-0.2, 0) is 0 Å². The number of aromatic nitrogens is 5. The van der Waals surface area contributed by atoms with Crippen molar-refractivity contribution in [2.24, 2.45) is 0 Å². The van der Waals surface area contributed by atoms with E-state index in [0.29, 0.717) is 23.3 Å². The van der Waals surface area contributed by atoms with Gasteiger partial charge in [0.25, 0.3) is 0 Å². The van der Waals surface area contributed by atoms with Crippen LogP contribution in [-0.4, -0.2) is 24.9 Å². The fourth-order valence-corrected chi connectivity index (χ4v) is 5.85. The Morgan fingerprint density at radius 1 is 0.391 bits per heavy atom. The van der Waals surface area contributed by atoms with Gasteiger partial charge in [0, 0.05) is 34.7 Å². The minimum atomic E-state index is 0.641. The van der Waals surface area contributed by atoms with Crippen molar-refractivity contribution < 1.29 is 0 Å². The van der Waals surface area contributed by atoms with Crippen LogP contribution in [0.15, 0.2) is 152 Å². The van der Waals surface area contributed by atoms with Gasteiger partial charge in [0.2, 0.25) is 0 Å². The van der Waals surface area contributed by atoms with Gasteiger partial charge in [0.1, 0.15) is 0 Å². The highest BCUT2D eigenvalue weighted by molar-refractivity contribution is 5.89. The lowest BCUT2D eigenvalue weighted by Crippen LogP contribution is -2.03. The molecule has 0 saturated carbocycles. The molecule has 1 aliphatic rings. The molecule has 2 heterocycles. The number of fused-ring (bicyclic) bond motifs is 1. The van der Waals surface area contributed by atoms with Crippen molar-refractivity contribution in [1.82, 2.24) is 24.9 Å². The fourth-order valence-electron chi connectivity index (χ4n) is 5.85. The lowest BCUT2D eigenvalue weighted by atomic mass is 9.94. The molecule has 0 N–H and O–H groups in total. The molecule has 0 spiro atoms. The zero-order chi connectivity index (χ0) is 30.7. The minimum Gasteiger partial charge on any atom is -0.237 e. The lowest BCUT2D eigenvalue weighted by Gasteiger charge is -2.14. The predicted molar refractivity (Wildman–Crippen MR) is 186 cm³/mol. The summed E-state index contributed by atoms with van der Waals surface area (Å²) in [6, 6.07) is 42.0. The zero-order valence-corrected chi connectivity index (χ0v) is 25.1. The zero-order valence-electron chi connectivity index (χ0n) is 25.1. The van der Waals surface area contributed by atoms with E-state index in [2.05, 4.69) is 113 Å². The first-order valence-corrected chi connectivity index (χ1v) is 15.5. The highest BCUT2D eigenvalue weighted by atomic mass is 15.0. The molecule has 5 aromatic carbocycles. The Labute approximate surface area is 267 Å². The molecule has 0 aliphatic heterocycles. The van der Waals surface area contributed by atoms with Gasteiger partial charge in [-0.3, -0.25) is 0 Å². The van der Waals surface area contributed by atoms with Crippen molar-refractivity contribution in [3.05, 3.63) is 158 Å². The second kappa shape index (κ2) is 12.1. The fraction of sp³-hybridized carbons (Fsp3) is 0.0488. The van der Waals surface area contributed by atoms with Crippen molar-refractivity contribution in [1.29, 1.82) is 0 Å². The largest absolute Gasteiger partial charge is 0.237 e. The first-order valence-electron chi connectivity index (χ1n) is 15.5. The molecule has 5 heteroatoms. The van der Waals surface area contributed by atoms with Gasteiger partial charge < -0.3 is 0 Å². The third kappa shape index (κ3) is 5.62. The van der Waals surface area contributed by atoms with Crippen LogP contribution in [0.3, 0.4) is 0 Å². The van der Waals surface area contributed by atoms with Crippen LogP contribution in [0, 0.1) is 0 Å². The highest BCUT2D eigenvalue weighted by Gasteiger charge is 2.16. The van der Waals surface area contributed by atoms with Crippen molar-refractivity contribution in [2.45, 2.75) is 12.8 Å². The van der Waals surface area contributed by atoms with Crippen molar-refractivity contribution in [3.8, 4) is 56.4 Å². The Morgan fingerprint density at radius 2 is 1.00 bits per heavy atom. The van der Waals surface area contributed by atoms with Gasteiger partial charge >= 0.3 is 0 Å². The summed E-state index contributed by atoms with van der Waals surface area (Å²) < 4.78 is 0. The third-order valence-electron chi connectivity index (χ3n) is 8.24. The molecule has 5 nitrogen and oxygen atoms in total. The van der Waals surface area contributed by atoms with Crippen LogP contribution in [0.5, 0.6) is 0 Å². The molecule has 218 valence electrons. The summed E-state index contributed by atoms with van der Waals surface area (Å²) in [5, 5.41) is 2.41. The van der Waals surface area contributed by atoms with Gasteiger partial charge in [-0.05, 0) is 76.2 Å². The summed E-state index contributed by atoms with van der Waals surface area (Å²) in [4.78, 5) is 23.9. The summed E-state index contributed by atoms with van der Waals surface area (Å²) in [6.45, 7) is 0. The summed E-state index contributed by atoms with van der Waals surface area (Å²) in [5.74, 6) is 2.69. The number of hydrogen-bond donors (Lipinski definition) is 0. The molecule has 0 saturated heterocycles. The topological polar surface area (TPSA) is 64.5 Å². The Kier molecular flexibility index (Phi) is 7.25. The number of benzene rings is 5. The van der Waals surface area contributed by atoms with Crippen LogP contribution in [0.2, 0.25) is 0 Å². The Hall–Kier alpha value is -6.07. The van der Waals surface area contributed by atoms with E-state index in [1.165, 1.54) is 10.8 Å². The second-order valence-electron chi connectivity index (χ2n) is 11.3. The molecule has 2 aromatic heterocycles. The van der Waals surface area contributed by atoms with Crippen LogP contribution in [0.25, 0.3) is 72.8 Å². The summed E-state index contributed by atoms with van der Waals surface area (Å²) >= 11 is 0. The summed E-state index contributed by atoms with van der Waals surface area (Å²) in [7, 11) is 0. The van der Waals surface area contributed by atoms with Crippen molar-refractivity contribution in [3.63, 3.8) is 0 Å². The number of allylic oxidation sites excluding steroid dienone is 4. The Morgan fingerprint density at radius 3 is 1.76 bits per heavy atom. The number of hydrogen-bond acceptors (Lipinski definition) is 5. The van der Waals surface area contributed by atoms with E-state index in [1.807, 2.05) is 36.4 Å². The summed E-state index contributed by atoms with van der Waals surface area (Å²) in [6.07, 6.45) is 12.0. The molecule has 7 aromatic rings. The molecular weight excluding hydrogens is 562 g/mol. The molecule has 0 atom stereocenters. The van der Waals surface area contributed by atoms with Gasteiger partial charge in [-0.2, -0.15) is 0 Å². The number of nitrogens with zero attached hydrogens (tertiary/aromatic N) is 5. The van der Waals surface area contributed by atoms with Gasteiger partial charge in [-0.1, -0.05) is 109 Å². The minimum absolute atomic E-state index is 0.641. The first kappa shape index (κ1) is 27.5. The van der Waals surface area contributed by atoms with E-state index >= 15 is 0 Å². The SMILES string of the molecule is C1=CC(c2nc(-c3ccccc3)nc(-c3cc(-c4ccc(-c5ncccn5)cc4)cc(-c4ccc5ccccc5c4)c3)n2)=CCC1. The highest BCUT2D eigenvalue weighted by Crippen LogP contribution is 2.35. The first-order chi connectivity index (χ1) is 22.8. The van der Waals surface area contributed by atoms with Crippen LogP contribution in [0.4, 0.5) is 0 Å². The molecule has 1 aliphatic carbocycles. The maximum absolute atomic E-state index is 5.07. The average molecular weight is 592 g/mol. The van der Waals surface area contributed by atoms with Crippen molar-refractivity contribution >= 4 is 16.3 Å². The van der Waals surface area contributed by atoms with E-state index in [-0.39, 0.29) is 0 Å². The molecular formula is C41H29N5. The normalized spacial score (nSPS) is 12.7. The van der Waals surface area contributed by atoms with E-state index in [4.69, 9.17) is 15.0 Å². The average Bonchev–Trinajstić information content (AvgIpc) is 3.15. The van der Waals surface area contributed by atoms with Gasteiger partial charge in [0.15, 0.2) is 23.3 Å². The van der Waals surface area contributed by atoms with Crippen LogP contribution in [0.1, 0.15) is 18.7 Å². The van der Waals surface area contributed by atoms with E-state index in [1.54, 1.807) is 12.4 Å². The number of rotatable bonds is 6. The Balaban J connectivity index is 1.31. The van der Waals surface area contributed by atoms with Gasteiger partial charge in [-0.25, -0.2) is 24.9 Å². The molecule has 8 rings (SSSR count). The van der Waals surface area contributed by atoms with Crippen molar-refractivity contribution in [2.75, 3.05) is 0 Å². The standard InChI is InChI=1S/C41H29N5/c1-3-11-30(12-4-1)39-44-40(31-13-5-2-6-14-31)46-41(45-39)37-26-35(29-16-19-32(20-17-29)38-42-22-9-23-43-38)25-36(27-37)34-21-18-28-10-7-8-15-33(28)24-34/h1,3-5,7-27H,2,6H2. The monoisotopic (exact) mass is 591 g/mol. The second-order valence-corrected chi connectivity index (χ2v) is 11.3. The molecule has 0 radical (unpaired) electrons. The van der Waals surface area contributed by atoms with Gasteiger partial charge in [-0.15, -0.1) is 0 Å². The summed E-state index contributed by atoms with van der Waals surface area (Å²) in [5.41, 5.74) is 8.26. The Bertz CT molecular complexity index is 2240. The third-order valence-corrected chi connectivity index (χ3v) is 8.24. The van der Waals surface area contributed by atoms with E-state index < -0.39 is 0 Å². The molecule has 0 unspecified atom stereocenters. The van der Waals surface area contributed by atoms with Crippen LogP contribution >= 0.6 is 0 Å². The lowest BCUT2D eigenvalue weighted by molar-refractivity contribution is 1.01. The predicted octanol–water partition coefficient (Wildman–Crippen LogP) is 9.88. The molecule has 0 amide bonds. The molecule has 0 bridgehead atoms. The quantitative estimate of drug-likeness (QED) is 0.193. The maximum Gasteiger partial charge on any atom is 0.164 e. The van der Waals surface area contributed by atoms with Crippen LogP contribution < -0.4 is 0 Å². The van der Waals surface area contributed by atoms with Gasteiger partial charge in [0.05, 0.1) is 0 Å². The molecule has 46 heavy (non-hydrogen) atoms. The van der Waals surface area contributed by atoms with E-state index in [0.717, 1.165) is 57.4 Å².